The van der Waals surface area contributed by atoms with Crippen molar-refractivity contribution in [2.45, 2.75) is 62.2 Å². The van der Waals surface area contributed by atoms with Gasteiger partial charge >= 0.3 is 0 Å². The fourth-order valence-corrected chi connectivity index (χ4v) is 9.84. The van der Waals surface area contributed by atoms with Crippen molar-refractivity contribution < 1.29 is 19.5 Å². The van der Waals surface area contributed by atoms with Crippen molar-refractivity contribution in [2.75, 3.05) is 42.6 Å². The maximum atomic E-state index is 14.8. The van der Waals surface area contributed by atoms with E-state index in [1.54, 1.807) is 45.5 Å². The molecule has 45 heavy (non-hydrogen) atoms. The van der Waals surface area contributed by atoms with E-state index in [1.807, 2.05) is 54.6 Å². The quantitative estimate of drug-likeness (QED) is 0.304. The number of hydrogen-bond donors (Lipinski definition) is 1. The Morgan fingerprint density at radius 3 is 2.27 bits per heavy atom. The van der Waals surface area contributed by atoms with Crippen molar-refractivity contribution in [3.8, 4) is 0 Å². The molecule has 240 valence electrons. The predicted molar refractivity (Wildman–Crippen MR) is 182 cm³/mol. The number of carbonyl (C=O) groups excluding carboxylic acids is 3. The Balaban J connectivity index is 1.51. The highest BCUT2D eigenvalue weighted by atomic mass is 32.2. The molecule has 3 fully saturated rings. The third-order valence-electron chi connectivity index (χ3n) is 9.74. The molecule has 2 aromatic rings. The molecule has 3 amide bonds. The van der Waals surface area contributed by atoms with Crippen LogP contribution in [0.3, 0.4) is 0 Å². The predicted octanol–water partition coefficient (Wildman–Crippen LogP) is 4.74. The lowest BCUT2D eigenvalue weighted by atomic mass is 9.70. The van der Waals surface area contributed by atoms with E-state index in [-0.39, 0.29) is 36.1 Å². The van der Waals surface area contributed by atoms with Gasteiger partial charge in [-0.25, -0.2) is 0 Å². The van der Waals surface area contributed by atoms with E-state index in [4.69, 9.17) is 0 Å². The minimum atomic E-state index is -0.811. The van der Waals surface area contributed by atoms with Gasteiger partial charge in [-0.1, -0.05) is 42.5 Å². The van der Waals surface area contributed by atoms with Gasteiger partial charge in [0, 0.05) is 49.3 Å². The van der Waals surface area contributed by atoms with Gasteiger partial charge in [0.05, 0.1) is 29.2 Å². The zero-order valence-corrected chi connectivity index (χ0v) is 27.5. The highest BCUT2D eigenvalue weighted by Gasteiger charge is 2.74. The Morgan fingerprint density at radius 2 is 1.67 bits per heavy atom. The summed E-state index contributed by atoms with van der Waals surface area (Å²) >= 11 is 1.65. The van der Waals surface area contributed by atoms with Crippen molar-refractivity contribution in [3.63, 3.8) is 0 Å². The van der Waals surface area contributed by atoms with Crippen LogP contribution in [-0.2, 0) is 20.9 Å². The number of benzene rings is 2. The van der Waals surface area contributed by atoms with Gasteiger partial charge in [0.25, 0.3) is 5.91 Å². The summed E-state index contributed by atoms with van der Waals surface area (Å²) < 4.78 is -0.754. The minimum absolute atomic E-state index is 0.0578. The van der Waals surface area contributed by atoms with Gasteiger partial charge in [-0.3, -0.25) is 14.4 Å². The summed E-state index contributed by atoms with van der Waals surface area (Å²) in [5.41, 5.74) is 2.81. The first-order valence-electron chi connectivity index (χ1n) is 16.1. The van der Waals surface area contributed by atoms with Gasteiger partial charge in [-0.05, 0) is 63.4 Å². The second-order valence-electron chi connectivity index (χ2n) is 12.3. The van der Waals surface area contributed by atoms with Crippen molar-refractivity contribution in [2.24, 2.45) is 11.8 Å². The second-order valence-corrected chi connectivity index (χ2v) is 13.9. The summed E-state index contributed by atoms with van der Waals surface area (Å²) in [6, 6.07) is 16.4. The largest absolute Gasteiger partial charge is 0.394 e. The number of amides is 3. The number of aliphatic hydroxyl groups is 1. The molecule has 1 N–H and O–H groups in total. The van der Waals surface area contributed by atoms with Gasteiger partial charge in [-0.2, -0.15) is 0 Å². The average Bonchev–Trinajstić information content (AvgIpc) is 3.71. The van der Waals surface area contributed by atoms with Crippen LogP contribution in [0.5, 0.6) is 0 Å². The molecule has 0 radical (unpaired) electrons. The van der Waals surface area contributed by atoms with Crippen molar-refractivity contribution in [3.05, 3.63) is 85.5 Å². The van der Waals surface area contributed by atoms with Gasteiger partial charge in [-0.15, -0.1) is 24.9 Å². The topological polar surface area (TPSA) is 84.4 Å². The Labute approximate surface area is 271 Å². The molecule has 3 aliphatic rings. The molecular formula is C36H46N4O4S. The number of thioether (sulfide) groups is 1. The maximum absolute atomic E-state index is 14.8. The number of rotatable bonds is 14. The van der Waals surface area contributed by atoms with Crippen LogP contribution in [0.15, 0.2) is 79.9 Å². The first-order chi connectivity index (χ1) is 21.8. The molecule has 3 heterocycles. The summed E-state index contributed by atoms with van der Waals surface area (Å²) in [6.07, 6.45) is 4.84. The SMILES string of the molecule is C=CCN(Cc1ccccc1)C(=O)[C@@H]1[C@H]2C(=O)N([C@H](C)CO)C(C(=O)N(CC=C)c3ccc(N(CC)CC)cc3)C23CC[C@H]1S3. The first-order valence-corrected chi connectivity index (χ1v) is 17.0. The summed E-state index contributed by atoms with van der Waals surface area (Å²) in [7, 11) is 0. The van der Waals surface area contributed by atoms with E-state index in [0.717, 1.165) is 36.4 Å². The summed E-state index contributed by atoms with van der Waals surface area (Å²) in [6.45, 7) is 16.3. The second kappa shape index (κ2) is 13.8. The third-order valence-corrected chi connectivity index (χ3v) is 11.7. The smallest absolute Gasteiger partial charge is 0.251 e. The van der Waals surface area contributed by atoms with Crippen LogP contribution in [0.2, 0.25) is 0 Å². The molecule has 2 unspecified atom stereocenters. The molecule has 0 aromatic heterocycles. The molecule has 8 nitrogen and oxygen atoms in total. The van der Waals surface area contributed by atoms with Gasteiger partial charge in [0.1, 0.15) is 6.04 Å². The lowest BCUT2D eigenvalue weighted by Gasteiger charge is -2.39. The average molecular weight is 631 g/mol. The molecule has 5 rings (SSSR count). The van der Waals surface area contributed by atoms with Crippen LogP contribution < -0.4 is 9.80 Å². The Kier molecular flexibility index (Phi) is 10.1. The lowest BCUT2D eigenvalue weighted by molar-refractivity contribution is -0.145. The van der Waals surface area contributed by atoms with Gasteiger partial charge in [0.2, 0.25) is 11.8 Å². The van der Waals surface area contributed by atoms with Crippen LogP contribution in [-0.4, -0.2) is 87.5 Å². The fourth-order valence-electron chi connectivity index (χ4n) is 7.65. The molecule has 2 bridgehead atoms. The number of hydrogen-bond acceptors (Lipinski definition) is 6. The zero-order valence-electron chi connectivity index (χ0n) is 26.7. The molecule has 2 aromatic carbocycles. The lowest BCUT2D eigenvalue weighted by Crippen LogP contribution is -2.57. The molecule has 6 atom stereocenters. The number of anilines is 2. The summed E-state index contributed by atoms with van der Waals surface area (Å²) in [5, 5.41) is 10.2. The molecule has 0 saturated carbocycles. The molecule has 9 heteroatoms. The van der Waals surface area contributed by atoms with E-state index in [9.17, 15) is 19.5 Å². The summed E-state index contributed by atoms with van der Waals surface area (Å²) in [5.74, 6) is -1.68. The molecule has 3 saturated heterocycles. The molecule has 1 spiro atoms. The fraction of sp³-hybridized carbons (Fsp3) is 0.472. The van der Waals surface area contributed by atoms with Gasteiger partial charge in [0.15, 0.2) is 0 Å². The Bertz CT molecular complexity index is 1400. The number of fused-ring (bicyclic) bond motifs is 1. The van der Waals surface area contributed by atoms with Crippen molar-refractivity contribution in [1.29, 1.82) is 0 Å². The van der Waals surface area contributed by atoms with Crippen LogP contribution in [0.1, 0.15) is 39.2 Å². The van der Waals surface area contributed by atoms with Crippen molar-refractivity contribution in [1.82, 2.24) is 9.80 Å². The van der Waals surface area contributed by atoms with Crippen LogP contribution >= 0.6 is 11.8 Å². The standard InChI is InChI=1S/C36H46N4O4S/c1-6-21-38(23-26-13-11-10-12-14-26)33(42)30-29-19-20-36(45-29)31(30)34(43)40(25(5)24-41)32(36)35(44)39(22-7-2)28-17-15-27(16-18-28)37(8-3)9-4/h6-7,10-18,25,29-32,41H,1-2,8-9,19-24H2,3-5H3/t25-,29-,30+,31+,32?,36?/m1/s1. The maximum Gasteiger partial charge on any atom is 0.251 e. The van der Waals surface area contributed by atoms with Crippen LogP contribution in [0.25, 0.3) is 0 Å². The monoisotopic (exact) mass is 630 g/mol. The third kappa shape index (κ3) is 5.81. The van der Waals surface area contributed by atoms with Crippen LogP contribution in [0, 0.1) is 11.8 Å². The first kappa shape index (κ1) is 32.8. The number of carbonyl (C=O) groups is 3. The van der Waals surface area contributed by atoms with E-state index in [0.29, 0.717) is 19.5 Å². The van der Waals surface area contributed by atoms with Crippen LogP contribution in [0.4, 0.5) is 11.4 Å². The molecule has 0 aliphatic carbocycles. The number of aliphatic hydroxyl groups excluding tert-OH is 1. The number of likely N-dealkylation sites (tertiary alicyclic amines) is 1. The Hall–Kier alpha value is -3.56. The van der Waals surface area contributed by atoms with E-state index in [2.05, 4.69) is 31.9 Å². The highest BCUT2D eigenvalue weighted by Crippen LogP contribution is 2.67. The Morgan fingerprint density at radius 1 is 1.02 bits per heavy atom. The highest BCUT2D eigenvalue weighted by molar-refractivity contribution is 8.02. The minimum Gasteiger partial charge on any atom is -0.394 e. The molecule has 3 aliphatic heterocycles. The van der Waals surface area contributed by atoms with E-state index < -0.39 is 28.7 Å². The van der Waals surface area contributed by atoms with Gasteiger partial charge < -0.3 is 24.7 Å². The van der Waals surface area contributed by atoms with Crippen molar-refractivity contribution >= 4 is 40.9 Å². The summed E-state index contributed by atoms with van der Waals surface area (Å²) in [4.78, 5) is 50.9. The van der Waals surface area contributed by atoms with E-state index in [1.165, 1.54) is 0 Å². The number of nitrogens with zero attached hydrogens (tertiary/aromatic N) is 4. The molecular weight excluding hydrogens is 584 g/mol. The van der Waals surface area contributed by atoms with E-state index >= 15 is 0 Å². The zero-order chi connectivity index (χ0) is 32.3. The normalized spacial score (nSPS) is 25.5.